The SMILES string of the molecule is CC(C)OC(=O)C(C)N[P@](=O)(OC[C@H]1O[C@@H](Oc2ncc(Br)nc2C(N)=O)[C@@](F)(Cl)[C@@H]1O)Oc1ccccc1. The maximum absolute atomic E-state index is 15.3. The predicted octanol–water partition coefficient (Wildman–Crippen LogP) is 2.84. The van der Waals surface area contributed by atoms with E-state index >= 15 is 4.39 Å². The van der Waals surface area contributed by atoms with Gasteiger partial charge in [-0.2, -0.15) is 5.09 Å². The number of amides is 1. The van der Waals surface area contributed by atoms with E-state index < -0.39 is 73.6 Å². The molecule has 0 aliphatic carbocycles. The number of nitrogens with two attached hydrogens (primary N) is 1. The Balaban J connectivity index is 1.77. The fraction of sp³-hybridized carbons (Fsp3) is 0.455. The quantitative estimate of drug-likeness (QED) is 0.173. The zero-order valence-corrected chi connectivity index (χ0v) is 24.1. The number of esters is 1. The molecular weight excluding hydrogens is 630 g/mol. The van der Waals surface area contributed by atoms with Crippen LogP contribution in [0.15, 0.2) is 41.1 Å². The molecule has 0 spiro atoms. The van der Waals surface area contributed by atoms with Gasteiger partial charge in [0.1, 0.15) is 28.6 Å². The van der Waals surface area contributed by atoms with Crippen LogP contribution in [0.5, 0.6) is 11.6 Å². The van der Waals surface area contributed by atoms with Gasteiger partial charge in [0.2, 0.25) is 5.88 Å². The highest BCUT2D eigenvalue weighted by atomic mass is 79.9. The molecule has 1 amide bonds. The molecule has 1 saturated heterocycles. The predicted molar refractivity (Wildman–Crippen MR) is 138 cm³/mol. The standard InChI is InChI=1S/C22H26BrClFN4O9P/c1-11(2)35-20(32)12(3)29-39(33,38-13-7-5-4-6-8-13)34-10-14-17(30)22(24,25)21(36-14)37-19-16(18(26)31)28-15(23)9-27-19/h4-9,11-12,14,17,21,30H,10H2,1-3H3,(H2,26,31)(H,29,33)/t12?,14-,17-,21+,22-,39+/m1/s1. The molecule has 1 aromatic carbocycles. The van der Waals surface area contributed by atoms with Crippen molar-refractivity contribution in [2.24, 2.45) is 5.73 Å². The van der Waals surface area contributed by atoms with Crippen LogP contribution in [0.2, 0.25) is 0 Å². The Morgan fingerprint density at radius 2 is 2.00 bits per heavy atom. The Labute approximate surface area is 236 Å². The average Bonchev–Trinajstić information content (AvgIpc) is 3.06. The molecule has 1 fully saturated rings. The molecule has 0 radical (unpaired) electrons. The second kappa shape index (κ2) is 12.9. The summed E-state index contributed by atoms with van der Waals surface area (Å²) in [6.45, 7) is 3.91. The zero-order chi connectivity index (χ0) is 29.0. The summed E-state index contributed by atoms with van der Waals surface area (Å²) in [6, 6.07) is 6.74. The van der Waals surface area contributed by atoms with Gasteiger partial charge in [-0.05, 0) is 48.8 Å². The highest BCUT2D eigenvalue weighted by Gasteiger charge is 2.59. The summed E-state index contributed by atoms with van der Waals surface area (Å²) in [5.74, 6) is -2.16. The average molecular weight is 656 g/mol. The molecule has 13 nitrogen and oxygen atoms in total. The van der Waals surface area contributed by atoms with E-state index in [4.69, 9.17) is 40.6 Å². The van der Waals surface area contributed by atoms with Crippen molar-refractivity contribution in [3.63, 3.8) is 0 Å². The molecule has 1 aliphatic heterocycles. The first-order valence-electron chi connectivity index (χ1n) is 11.4. The lowest BCUT2D eigenvalue weighted by Gasteiger charge is -2.25. The first-order valence-corrected chi connectivity index (χ1v) is 14.1. The van der Waals surface area contributed by atoms with Gasteiger partial charge in [-0.15, -0.1) is 0 Å². The Kier molecular flexibility index (Phi) is 10.3. The number of aliphatic hydroxyl groups is 1. The van der Waals surface area contributed by atoms with Crippen molar-refractivity contribution >= 4 is 47.2 Å². The van der Waals surface area contributed by atoms with Crippen molar-refractivity contribution in [1.82, 2.24) is 15.1 Å². The molecule has 39 heavy (non-hydrogen) atoms. The number of aromatic nitrogens is 2. The van der Waals surface area contributed by atoms with Gasteiger partial charge in [-0.3, -0.25) is 14.1 Å². The van der Waals surface area contributed by atoms with Crippen LogP contribution < -0.4 is 20.1 Å². The molecule has 6 atom stereocenters. The summed E-state index contributed by atoms with van der Waals surface area (Å²) < 4.78 is 55.7. The summed E-state index contributed by atoms with van der Waals surface area (Å²) in [6.07, 6.45) is -4.93. The normalized spacial score (nSPS) is 25.1. The largest absolute Gasteiger partial charge is 0.462 e. The van der Waals surface area contributed by atoms with Gasteiger partial charge in [0.05, 0.1) is 18.9 Å². The molecule has 17 heteroatoms. The number of para-hydroxylation sites is 1. The topological polar surface area (TPSA) is 181 Å². The van der Waals surface area contributed by atoms with Crippen LogP contribution in [0.25, 0.3) is 0 Å². The van der Waals surface area contributed by atoms with Crippen molar-refractivity contribution in [3.05, 3.63) is 46.8 Å². The van der Waals surface area contributed by atoms with Gasteiger partial charge in [0.25, 0.3) is 17.3 Å². The first-order chi connectivity index (χ1) is 18.2. The fourth-order valence-electron chi connectivity index (χ4n) is 3.16. The molecule has 2 aromatic rings. The van der Waals surface area contributed by atoms with Crippen LogP contribution in [0.3, 0.4) is 0 Å². The second-order valence-electron chi connectivity index (χ2n) is 8.49. The van der Waals surface area contributed by atoms with E-state index in [-0.39, 0.29) is 10.4 Å². The van der Waals surface area contributed by atoms with E-state index in [1.165, 1.54) is 19.1 Å². The molecule has 1 aromatic heterocycles. The minimum absolute atomic E-state index is 0.122. The van der Waals surface area contributed by atoms with Gasteiger partial charge >= 0.3 is 13.7 Å². The van der Waals surface area contributed by atoms with Crippen LogP contribution in [0.1, 0.15) is 31.3 Å². The summed E-state index contributed by atoms with van der Waals surface area (Å²) in [5.41, 5.74) is 4.81. The fourth-order valence-corrected chi connectivity index (χ4v) is 5.18. The number of rotatable bonds is 12. The third-order valence-electron chi connectivity index (χ3n) is 4.96. The van der Waals surface area contributed by atoms with E-state index in [0.29, 0.717) is 0 Å². The Hall–Kier alpha value is -2.39. The number of ether oxygens (including phenoxy) is 3. The third kappa shape index (κ3) is 8.07. The van der Waals surface area contributed by atoms with Crippen molar-refractivity contribution in [2.45, 2.75) is 56.5 Å². The van der Waals surface area contributed by atoms with E-state index in [9.17, 15) is 19.3 Å². The van der Waals surface area contributed by atoms with Crippen LogP contribution in [0.4, 0.5) is 4.39 Å². The van der Waals surface area contributed by atoms with Crippen LogP contribution in [-0.2, 0) is 23.4 Å². The number of primary amides is 1. The van der Waals surface area contributed by atoms with Crippen molar-refractivity contribution in [3.8, 4) is 11.6 Å². The number of carbonyl (C=O) groups is 2. The number of hydrogen-bond acceptors (Lipinski definition) is 11. The van der Waals surface area contributed by atoms with E-state index in [0.717, 1.165) is 6.20 Å². The number of nitrogens with zero attached hydrogens (tertiary/aromatic N) is 2. The lowest BCUT2D eigenvalue weighted by Crippen LogP contribution is -2.42. The Morgan fingerprint density at radius 1 is 1.33 bits per heavy atom. The minimum atomic E-state index is -4.37. The molecule has 0 saturated carbocycles. The lowest BCUT2D eigenvalue weighted by atomic mass is 10.1. The smallest absolute Gasteiger partial charge is 0.459 e. The molecule has 4 N–H and O–H groups in total. The van der Waals surface area contributed by atoms with E-state index in [1.807, 2.05) is 0 Å². The number of halogens is 3. The number of alkyl halides is 2. The number of nitrogens with one attached hydrogen (secondary N) is 1. The minimum Gasteiger partial charge on any atom is -0.462 e. The molecule has 214 valence electrons. The van der Waals surface area contributed by atoms with E-state index in [2.05, 4.69) is 31.0 Å². The summed E-state index contributed by atoms with van der Waals surface area (Å²) >= 11 is 8.89. The van der Waals surface area contributed by atoms with Gasteiger partial charge < -0.3 is 29.6 Å². The van der Waals surface area contributed by atoms with Crippen molar-refractivity contribution in [2.75, 3.05) is 6.61 Å². The van der Waals surface area contributed by atoms with Gasteiger partial charge in [0.15, 0.2) is 5.69 Å². The van der Waals surface area contributed by atoms with Crippen molar-refractivity contribution < 1.29 is 46.9 Å². The highest BCUT2D eigenvalue weighted by molar-refractivity contribution is 9.10. The van der Waals surface area contributed by atoms with Crippen molar-refractivity contribution in [1.29, 1.82) is 0 Å². The Bertz CT molecular complexity index is 1230. The number of benzene rings is 1. The lowest BCUT2D eigenvalue weighted by molar-refractivity contribution is -0.149. The molecule has 1 unspecified atom stereocenters. The van der Waals surface area contributed by atoms with Gasteiger partial charge in [-0.25, -0.2) is 18.9 Å². The number of aliphatic hydroxyl groups excluding tert-OH is 1. The van der Waals surface area contributed by atoms with E-state index in [1.54, 1.807) is 32.0 Å². The molecule has 1 aliphatic rings. The summed E-state index contributed by atoms with van der Waals surface area (Å²) in [5, 5.41) is 9.88. The van der Waals surface area contributed by atoms with Gasteiger partial charge in [-0.1, -0.05) is 29.8 Å². The maximum atomic E-state index is 15.3. The molecule has 0 bridgehead atoms. The summed E-state index contributed by atoms with van der Waals surface area (Å²) in [4.78, 5) is 31.6. The highest BCUT2D eigenvalue weighted by Crippen LogP contribution is 2.47. The van der Waals surface area contributed by atoms with Crippen LogP contribution >= 0.6 is 35.3 Å². The van der Waals surface area contributed by atoms with Crippen LogP contribution in [-0.4, -0.2) is 69.3 Å². The number of hydrogen-bond donors (Lipinski definition) is 3. The molecular formula is C22H26BrClFN4O9P. The zero-order valence-electron chi connectivity index (χ0n) is 20.8. The second-order valence-corrected chi connectivity index (χ2v) is 11.6. The monoisotopic (exact) mass is 654 g/mol. The molecule has 3 rings (SSSR count). The van der Waals surface area contributed by atoms with Gasteiger partial charge in [0, 0.05) is 0 Å². The number of carbonyl (C=O) groups excluding carboxylic acids is 2. The summed E-state index contributed by atoms with van der Waals surface area (Å²) in [7, 11) is -4.37. The maximum Gasteiger partial charge on any atom is 0.459 e. The third-order valence-corrected chi connectivity index (χ3v) is 7.38. The first kappa shape index (κ1) is 31.1. The molecule has 2 heterocycles. The Morgan fingerprint density at radius 3 is 2.62 bits per heavy atom. The van der Waals surface area contributed by atoms with Crippen LogP contribution in [0, 0.1) is 0 Å².